The van der Waals surface area contributed by atoms with Crippen molar-refractivity contribution < 1.29 is 9.90 Å². The van der Waals surface area contributed by atoms with Crippen molar-refractivity contribution in [3.63, 3.8) is 0 Å². The summed E-state index contributed by atoms with van der Waals surface area (Å²) in [6.45, 7) is 1.97. The smallest absolute Gasteiger partial charge is 0.286 e. The van der Waals surface area contributed by atoms with E-state index >= 15 is 0 Å². The number of rotatable bonds is 3. The summed E-state index contributed by atoms with van der Waals surface area (Å²) in [4.78, 5) is 18.8. The molecular weight excluding hydrogens is 332 g/mol. The number of thioether (sulfide) groups is 1. The van der Waals surface area contributed by atoms with E-state index in [9.17, 15) is 9.90 Å². The molecule has 0 bridgehead atoms. The highest BCUT2D eigenvalue weighted by Gasteiger charge is 2.25. The molecule has 25 heavy (non-hydrogen) atoms. The number of phenolic OH excluding ortho intramolecular Hbond substituents is 1. The van der Waals surface area contributed by atoms with Crippen LogP contribution in [0.3, 0.4) is 0 Å². The van der Waals surface area contributed by atoms with Gasteiger partial charge in [0.1, 0.15) is 5.75 Å². The first-order chi connectivity index (χ1) is 12.0. The zero-order valence-corrected chi connectivity index (χ0v) is 14.8. The van der Waals surface area contributed by atoms with Crippen molar-refractivity contribution in [2.24, 2.45) is 4.99 Å². The van der Waals surface area contributed by atoms with Crippen LogP contribution in [-0.2, 0) is 4.79 Å². The largest absolute Gasteiger partial charge is 0.508 e. The lowest BCUT2D eigenvalue weighted by Gasteiger charge is -2.17. The van der Waals surface area contributed by atoms with Crippen LogP contribution in [0.1, 0.15) is 12.5 Å². The van der Waals surface area contributed by atoms with Crippen molar-refractivity contribution in [3.05, 3.63) is 76.7 Å². The number of benzene rings is 2. The summed E-state index contributed by atoms with van der Waals surface area (Å²) in [6.07, 6.45) is 3.89. The molecule has 0 saturated carbocycles. The predicted octanol–water partition coefficient (Wildman–Crippen LogP) is 4.45. The van der Waals surface area contributed by atoms with Crippen LogP contribution in [0.25, 0.3) is 6.08 Å². The Labute approximate surface area is 151 Å². The normalized spacial score (nSPS) is 16.2. The second-order valence-corrected chi connectivity index (χ2v) is 6.69. The van der Waals surface area contributed by atoms with Crippen molar-refractivity contribution in [2.45, 2.75) is 6.92 Å². The van der Waals surface area contributed by atoms with E-state index in [0.717, 1.165) is 16.8 Å². The predicted molar refractivity (Wildman–Crippen MR) is 105 cm³/mol. The summed E-state index contributed by atoms with van der Waals surface area (Å²) >= 11 is 1.35. The van der Waals surface area contributed by atoms with Crippen LogP contribution < -0.4 is 4.90 Å². The van der Waals surface area contributed by atoms with Gasteiger partial charge in [-0.1, -0.05) is 36.4 Å². The van der Waals surface area contributed by atoms with E-state index in [1.807, 2.05) is 61.4 Å². The Morgan fingerprint density at radius 1 is 1.12 bits per heavy atom. The van der Waals surface area contributed by atoms with E-state index in [1.165, 1.54) is 11.8 Å². The van der Waals surface area contributed by atoms with E-state index in [-0.39, 0.29) is 11.7 Å². The minimum absolute atomic E-state index is 0.205. The molecule has 1 amide bonds. The Balaban J connectivity index is 1.76. The summed E-state index contributed by atoms with van der Waals surface area (Å²) in [5.41, 5.74) is 2.94. The highest BCUT2D eigenvalue weighted by atomic mass is 32.2. The molecule has 0 atom stereocenters. The fourth-order valence-corrected chi connectivity index (χ4v) is 3.33. The molecule has 2 aromatic rings. The van der Waals surface area contributed by atoms with Crippen molar-refractivity contribution in [2.75, 3.05) is 11.9 Å². The van der Waals surface area contributed by atoms with Crippen molar-refractivity contribution in [1.29, 1.82) is 0 Å². The van der Waals surface area contributed by atoms with E-state index in [1.54, 1.807) is 24.3 Å². The first-order valence-electron chi connectivity index (χ1n) is 7.81. The third-order valence-electron chi connectivity index (χ3n) is 3.69. The van der Waals surface area contributed by atoms with Crippen LogP contribution in [0.2, 0.25) is 0 Å². The molecule has 1 N–H and O–H groups in total. The average Bonchev–Trinajstić information content (AvgIpc) is 2.96. The molecular formula is C20H18N2O2S. The number of amides is 1. The molecule has 5 heteroatoms. The Bertz CT molecular complexity index is 868. The second kappa shape index (κ2) is 7.40. The minimum atomic E-state index is -0.230. The van der Waals surface area contributed by atoms with Crippen LogP contribution in [0.5, 0.6) is 5.75 Å². The Morgan fingerprint density at radius 2 is 1.80 bits per heavy atom. The van der Waals surface area contributed by atoms with Crippen molar-refractivity contribution >= 4 is 34.6 Å². The zero-order valence-electron chi connectivity index (χ0n) is 14.0. The summed E-state index contributed by atoms with van der Waals surface area (Å²) in [6, 6.07) is 16.8. The number of phenols is 1. The molecule has 0 radical (unpaired) electrons. The molecule has 126 valence electrons. The van der Waals surface area contributed by atoms with Gasteiger partial charge >= 0.3 is 0 Å². The lowest BCUT2D eigenvalue weighted by molar-refractivity contribution is -0.113. The number of nitrogens with zero attached hydrogens (tertiary/aromatic N) is 2. The molecule has 0 aromatic heterocycles. The van der Waals surface area contributed by atoms with E-state index in [0.29, 0.717) is 10.1 Å². The molecule has 0 unspecified atom stereocenters. The van der Waals surface area contributed by atoms with Crippen LogP contribution in [-0.4, -0.2) is 23.2 Å². The summed E-state index contributed by atoms with van der Waals surface area (Å²) in [5, 5.41) is 10.0. The summed E-state index contributed by atoms with van der Waals surface area (Å²) < 4.78 is 0. The van der Waals surface area contributed by atoms with E-state index in [2.05, 4.69) is 4.99 Å². The van der Waals surface area contributed by atoms with Gasteiger partial charge in [-0.25, -0.2) is 0 Å². The van der Waals surface area contributed by atoms with Gasteiger partial charge in [0, 0.05) is 12.7 Å². The number of amidine groups is 1. The lowest BCUT2D eigenvalue weighted by Crippen LogP contribution is -2.21. The molecule has 1 aliphatic heterocycles. The molecule has 3 rings (SSSR count). The quantitative estimate of drug-likeness (QED) is 0.831. The lowest BCUT2D eigenvalue weighted by atomic mass is 10.1. The molecule has 0 aliphatic carbocycles. The number of aromatic hydroxyl groups is 1. The van der Waals surface area contributed by atoms with Gasteiger partial charge in [0.15, 0.2) is 5.17 Å². The fraction of sp³-hybridized carbons (Fsp3) is 0.100. The van der Waals surface area contributed by atoms with Gasteiger partial charge in [-0.15, -0.1) is 0 Å². The first kappa shape index (κ1) is 17.0. The highest BCUT2D eigenvalue weighted by molar-refractivity contribution is 8.18. The Kier molecular flexibility index (Phi) is 5.05. The maximum atomic E-state index is 12.2. The monoisotopic (exact) mass is 350 g/mol. The van der Waals surface area contributed by atoms with Gasteiger partial charge in [-0.2, -0.15) is 4.99 Å². The van der Waals surface area contributed by atoms with E-state index in [4.69, 9.17) is 0 Å². The number of aliphatic imine (C=N–C) groups is 1. The fourth-order valence-electron chi connectivity index (χ4n) is 2.39. The first-order valence-corrected chi connectivity index (χ1v) is 8.63. The molecule has 4 nitrogen and oxygen atoms in total. The standard InChI is InChI=1S/C20H18N2O2S/c1-14(12-15-6-4-3-5-7-15)13-18-19(24)21-20(25-18)22(2)16-8-10-17(23)11-9-16/h3-13,23H,1-2H3. The molecule has 0 fully saturated rings. The average molecular weight is 350 g/mol. The van der Waals surface area contributed by atoms with Crippen molar-refractivity contribution in [3.8, 4) is 5.75 Å². The van der Waals surface area contributed by atoms with Crippen LogP contribution in [0, 0.1) is 0 Å². The molecule has 0 saturated heterocycles. The number of carbonyl (C=O) groups excluding carboxylic acids is 1. The third kappa shape index (κ3) is 4.19. The van der Waals surface area contributed by atoms with Gasteiger partial charge in [0.2, 0.25) is 0 Å². The number of carbonyl (C=O) groups is 1. The number of hydrogen-bond donors (Lipinski definition) is 1. The topological polar surface area (TPSA) is 52.9 Å². The number of anilines is 1. The number of hydrogen-bond acceptors (Lipinski definition) is 4. The van der Waals surface area contributed by atoms with Crippen molar-refractivity contribution in [1.82, 2.24) is 0 Å². The molecule has 0 spiro atoms. The number of allylic oxidation sites excluding steroid dienone is 2. The van der Waals surface area contributed by atoms with E-state index < -0.39 is 0 Å². The van der Waals surface area contributed by atoms with Crippen LogP contribution in [0.15, 0.2) is 76.1 Å². The minimum Gasteiger partial charge on any atom is -0.508 e. The van der Waals surface area contributed by atoms with Gasteiger partial charge < -0.3 is 10.0 Å². The summed E-state index contributed by atoms with van der Waals surface area (Å²) in [5.74, 6) is -0.0251. The Hall–Kier alpha value is -2.79. The highest BCUT2D eigenvalue weighted by Crippen LogP contribution is 2.31. The van der Waals surface area contributed by atoms with Gasteiger partial charge in [0.25, 0.3) is 5.91 Å². The Morgan fingerprint density at radius 3 is 2.48 bits per heavy atom. The van der Waals surface area contributed by atoms with Gasteiger partial charge in [-0.05, 0) is 60.2 Å². The maximum absolute atomic E-state index is 12.2. The molecule has 2 aromatic carbocycles. The zero-order chi connectivity index (χ0) is 17.8. The summed E-state index contributed by atoms with van der Waals surface area (Å²) in [7, 11) is 1.85. The maximum Gasteiger partial charge on any atom is 0.286 e. The second-order valence-electron chi connectivity index (χ2n) is 5.68. The van der Waals surface area contributed by atoms with Gasteiger partial charge in [-0.3, -0.25) is 4.79 Å². The molecule has 1 aliphatic rings. The SMILES string of the molecule is CC(=Cc1ccccc1)C=C1SC(N(C)c2ccc(O)cc2)=NC1=O. The van der Waals surface area contributed by atoms with Gasteiger partial charge in [0.05, 0.1) is 4.91 Å². The van der Waals surface area contributed by atoms with Crippen LogP contribution >= 0.6 is 11.8 Å². The third-order valence-corrected chi connectivity index (χ3v) is 4.75. The molecule has 1 heterocycles. The van der Waals surface area contributed by atoms with Crippen LogP contribution in [0.4, 0.5) is 5.69 Å².